The number of carbonyl (C=O) groups is 1. The maximum Gasteiger partial charge on any atom is 0.239 e. The first-order valence-electron chi connectivity index (χ1n) is 7.10. The summed E-state index contributed by atoms with van der Waals surface area (Å²) in [4.78, 5) is 19.1. The maximum atomic E-state index is 12.5. The SMILES string of the molecule is C[C@@H](C(=O)N1CCN(C)CC1)N1CCCNCC1. The van der Waals surface area contributed by atoms with Crippen LogP contribution in [-0.4, -0.2) is 86.1 Å². The van der Waals surface area contributed by atoms with Gasteiger partial charge in [0, 0.05) is 45.8 Å². The first-order chi connectivity index (χ1) is 8.68. The van der Waals surface area contributed by atoms with Gasteiger partial charge in [-0.05, 0) is 26.9 Å². The van der Waals surface area contributed by atoms with E-state index >= 15 is 0 Å². The van der Waals surface area contributed by atoms with Gasteiger partial charge in [0.2, 0.25) is 5.91 Å². The highest BCUT2D eigenvalue weighted by Gasteiger charge is 2.27. The fourth-order valence-electron chi connectivity index (χ4n) is 2.70. The minimum absolute atomic E-state index is 0.0355. The van der Waals surface area contributed by atoms with E-state index in [1.807, 2.05) is 4.90 Å². The molecule has 104 valence electrons. The van der Waals surface area contributed by atoms with Crippen molar-refractivity contribution in [2.75, 3.05) is 59.4 Å². The van der Waals surface area contributed by atoms with Crippen LogP contribution >= 0.6 is 0 Å². The molecule has 2 saturated heterocycles. The third-order valence-electron chi connectivity index (χ3n) is 4.09. The summed E-state index contributed by atoms with van der Waals surface area (Å²) in [5.74, 6) is 0.310. The number of rotatable bonds is 2. The van der Waals surface area contributed by atoms with Gasteiger partial charge in [-0.3, -0.25) is 9.69 Å². The predicted molar refractivity (Wildman–Crippen MR) is 72.6 cm³/mol. The lowest BCUT2D eigenvalue weighted by molar-refractivity contribution is -0.138. The average molecular weight is 254 g/mol. The van der Waals surface area contributed by atoms with Crippen LogP contribution < -0.4 is 5.32 Å². The van der Waals surface area contributed by atoms with E-state index in [2.05, 4.69) is 29.1 Å². The summed E-state index contributed by atoms with van der Waals surface area (Å²) in [6, 6.07) is 0.0355. The van der Waals surface area contributed by atoms with Crippen LogP contribution in [0.25, 0.3) is 0 Å². The highest BCUT2D eigenvalue weighted by molar-refractivity contribution is 5.81. The smallest absolute Gasteiger partial charge is 0.239 e. The highest BCUT2D eigenvalue weighted by atomic mass is 16.2. The van der Waals surface area contributed by atoms with Gasteiger partial charge in [-0.15, -0.1) is 0 Å². The number of amides is 1. The van der Waals surface area contributed by atoms with Gasteiger partial charge in [-0.1, -0.05) is 0 Å². The van der Waals surface area contributed by atoms with Crippen molar-refractivity contribution in [3.05, 3.63) is 0 Å². The zero-order chi connectivity index (χ0) is 13.0. The summed E-state index contributed by atoms with van der Waals surface area (Å²) in [5.41, 5.74) is 0. The van der Waals surface area contributed by atoms with Crippen LogP contribution in [0, 0.1) is 0 Å². The molecule has 2 aliphatic rings. The minimum Gasteiger partial charge on any atom is -0.339 e. The Morgan fingerprint density at radius 1 is 1.06 bits per heavy atom. The normalized spacial score (nSPS) is 25.8. The first-order valence-corrected chi connectivity index (χ1v) is 7.10. The zero-order valence-electron chi connectivity index (χ0n) is 11.7. The van der Waals surface area contributed by atoms with Gasteiger partial charge in [-0.25, -0.2) is 0 Å². The number of piperazine rings is 1. The van der Waals surface area contributed by atoms with Gasteiger partial charge < -0.3 is 15.1 Å². The van der Waals surface area contributed by atoms with Crippen molar-refractivity contribution in [1.29, 1.82) is 0 Å². The Balaban J connectivity index is 1.87. The van der Waals surface area contributed by atoms with Crippen LogP contribution in [0.4, 0.5) is 0 Å². The lowest BCUT2D eigenvalue weighted by atomic mass is 10.2. The Morgan fingerprint density at radius 2 is 1.78 bits per heavy atom. The monoisotopic (exact) mass is 254 g/mol. The average Bonchev–Trinajstić information content (AvgIpc) is 2.67. The molecule has 0 aliphatic carbocycles. The molecule has 0 bridgehead atoms. The van der Waals surface area contributed by atoms with Crippen molar-refractivity contribution in [2.45, 2.75) is 19.4 Å². The molecule has 0 unspecified atom stereocenters. The number of nitrogens with one attached hydrogen (secondary N) is 1. The molecule has 0 spiro atoms. The van der Waals surface area contributed by atoms with E-state index in [1.54, 1.807) is 0 Å². The molecule has 2 heterocycles. The summed E-state index contributed by atoms with van der Waals surface area (Å²) in [5, 5.41) is 3.38. The summed E-state index contributed by atoms with van der Waals surface area (Å²) in [6.07, 6.45) is 1.14. The van der Waals surface area contributed by atoms with Gasteiger partial charge in [-0.2, -0.15) is 0 Å². The molecule has 2 rings (SSSR count). The standard InChI is InChI=1S/C13H26N4O/c1-12(16-6-3-4-14-5-7-16)13(18)17-10-8-15(2)9-11-17/h12,14H,3-11H2,1-2H3/t12-/m0/s1. The van der Waals surface area contributed by atoms with Gasteiger partial charge in [0.15, 0.2) is 0 Å². The molecule has 18 heavy (non-hydrogen) atoms. The molecule has 0 radical (unpaired) electrons. The number of nitrogens with zero attached hydrogens (tertiary/aromatic N) is 3. The Labute approximate surface area is 110 Å². The Kier molecular flexibility index (Phi) is 4.97. The third kappa shape index (κ3) is 3.43. The quantitative estimate of drug-likeness (QED) is 0.717. The molecule has 1 N–H and O–H groups in total. The second-order valence-electron chi connectivity index (χ2n) is 5.44. The lowest BCUT2D eigenvalue weighted by Gasteiger charge is -2.36. The Bertz CT molecular complexity index is 268. The number of carbonyl (C=O) groups excluding carboxylic acids is 1. The zero-order valence-corrected chi connectivity index (χ0v) is 11.7. The second kappa shape index (κ2) is 6.50. The number of hydrogen-bond acceptors (Lipinski definition) is 4. The maximum absolute atomic E-state index is 12.5. The van der Waals surface area contributed by atoms with Crippen molar-refractivity contribution in [3.8, 4) is 0 Å². The fraction of sp³-hybridized carbons (Fsp3) is 0.923. The lowest BCUT2D eigenvalue weighted by Crippen LogP contribution is -2.53. The van der Waals surface area contributed by atoms with E-state index in [4.69, 9.17) is 0 Å². The topological polar surface area (TPSA) is 38.8 Å². The van der Waals surface area contributed by atoms with Crippen molar-refractivity contribution < 1.29 is 4.79 Å². The molecule has 2 aliphatic heterocycles. The van der Waals surface area contributed by atoms with Crippen molar-refractivity contribution in [2.24, 2.45) is 0 Å². The molecule has 5 heteroatoms. The summed E-state index contributed by atoms with van der Waals surface area (Å²) in [6.45, 7) is 9.92. The Hall–Kier alpha value is -0.650. The minimum atomic E-state index is 0.0355. The summed E-state index contributed by atoms with van der Waals surface area (Å²) >= 11 is 0. The van der Waals surface area contributed by atoms with Crippen molar-refractivity contribution >= 4 is 5.91 Å². The molecule has 5 nitrogen and oxygen atoms in total. The predicted octanol–water partition coefficient (Wildman–Crippen LogP) is -0.556. The van der Waals surface area contributed by atoms with Crippen LogP contribution in [0.15, 0.2) is 0 Å². The van der Waals surface area contributed by atoms with Crippen LogP contribution in [0.1, 0.15) is 13.3 Å². The van der Waals surface area contributed by atoms with Gasteiger partial charge in [0.05, 0.1) is 6.04 Å². The molecule has 1 atom stereocenters. The molecule has 1 amide bonds. The van der Waals surface area contributed by atoms with E-state index in [1.165, 1.54) is 0 Å². The van der Waals surface area contributed by atoms with E-state index in [0.29, 0.717) is 5.91 Å². The summed E-state index contributed by atoms with van der Waals surface area (Å²) in [7, 11) is 2.12. The number of likely N-dealkylation sites (N-methyl/N-ethyl adjacent to an activating group) is 1. The van der Waals surface area contributed by atoms with E-state index < -0.39 is 0 Å². The Morgan fingerprint density at radius 3 is 2.50 bits per heavy atom. The van der Waals surface area contributed by atoms with Crippen LogP contribution in [0.5, 0.6) is 0 Å². The van der Waals surface area contributed by atoms with E-state index in [-0.39, 0.29) is 6.04 Å². The molecular formula is C13H26N4O. The van der Waals surface area contributed by atoms with Gasteiger partial charge in [0.25, 0.3) is 0 Å². The van der Waals surface area contributed by atoms with Crippen LogP contribution in [0.3, 0.4) is 0 Å². The molecule has 0 aromatic carbocycles. The van der Waals surface area contributed by atoms with Crippen LogP contribution in [-0.2, 0) is 4.79 Å². The molecular weight excluding hydrogens is 228 g/mol. The molecule has 2 fully saturated rings. The largest absolute Gasteiger partial charge is 0.339 e. The van der Waals surface area contributed by atoms with Gasteiger partial charge in [0.1, 0.15) is 0 Å². The summed E-state index contributed by atoms with van der Waals surface area (Å²) < 4.78 is 0. The van der Waals surface area contributed by atoms with E-state index in [0.717, 1.165) is 58.8 Å². The molecule has 0 aromatic rings. The highest BCUT2D eigenvalue weighted by Crippen LogP contribution is 2.08. The van der Waals surface area contributed by atoms with Crippen LogP contribution in [0.2, 0.25) is 0 Å². The third-order valence-corrected chi connectivity index (χ3v) is 4.09. The fourth-order valence-corrected chi connectivity index (χ4v) is 2.70. The molecule has 0 aromatic heterocycles. The van der Waals surface area contributed by atoms with Crippen molar-refractivity contribution in [1.82, 2.24) is 20.0 Å². The first kappa shape index (κ1) is 13.8. The second-order valence-corrected chi connectivity index (χ2v) is 5.44. The molecule has 0 saturated carbocycles. The van der Waals surface area contributed by atoms with Gasteiger partial charge >= 0.3 is 0 Å². The van der Waals surface area contributed by atoms with E-state index in [9.17, 15) is 4.79 Å². The number of hydrogen-bond donors (Lipinski definition) is 1. The van der Waals surface area contributed by atoms with Crippen molar-refractivity contribution in [3.63, 3.8) is 0 Å².